The Labute approximate surface area is 121 Å². The fourth-order valence-electron chi connectivity index (χ4n) is 3.65. The van der Waals surface area contributed by atoms with Crippen molar-refractivity contribution in [3.8, 4) is 0 Å². The second kappa shape index (κ2) is 6.12. The zero-order valence-corrected chi connectivity index (χ0v) is 12.5. The van der Waals surface area contributed by atoms with Gasteiger partial charge in [-0.3, -0.25) is 0 Å². The summed E-state index contributed by atoms with van der Waals surface area (Å²) in [6.07, 6.45) is 9.71. The van der Waals surface area contributed by atoms with E-state index in [9.17, 15) is 0 Å². The molecule has 0 radical (unpaired) electrons. The van der Waals surface area contributed by atoms with Gasteiger partial charge >= 0.3 is 6.01 Å². The van der Waals surface area contributed by atoms with Gasteiger partial charge in [0.1, 0.15) is 0 Å². The lowest BCUT2D eigenvalue weighted by Gasteiger charge is -2.43. The van der Waals surface area contributed by atoms with Crippen molar-refractivity contribution in [2.45, 2.75) is 58.4 Å². The van der Waals surface area contributed by atoms with Gasteiger partial charge in [-0.25, -0.2) is 0 Å². The third kappa shape index (κ3) is 2.97. The van der Waals surface area contributed by atoms with Gasteiger partial charge in [0.25, 0.3) is 0 Å². The molecule has 112 valence electrons. The van der Waals surface area contributed by atoms with Crippen LogP contribution in [-0.2, 0) is 6.54 Å². The predicted molar refractivity (Wildman–Crippen MR) is 78.6 cm³/mol. The van der Waals surface area contributed by atoms with Crippen LogP contribution in [0.2, 0.25) is 0 Å². The van der Waals surface area contributed by atoms with Gasteiger partial charge in [-0.2, -0.15) is 0 Å². The van der Waals surface area contributed by atoms with Gasteiger partial charge in [-0.15, -0.1) is 5.10 Å². The molecule has 1 saturated carbocycles. The summed E-state index contributed by atoms with van der Waals surface area (Å²) in [5.74, 6) is 0.694. The van der Waals surface area contributed by atoms with Gasteiger partial charge in [-0.05, 0) is 37.6 Å². The highest BCUT2D eigenvalue weighted by Gasteiger charge is 2.36. The molecular weight excluding hydrogens is 252 g/mol. The molecule has 3 rings (SSSR count). The van der Waals surface area contributed by atoms with Crippen LogP contribution in [0.3, 0.4) is 0 Å². The summed E-state index contributed by atoms with van der Waals surface area (Å²) in [5, 5.41) is 11.5. The first kappa shape index (κ1) is 13.9. The van der Waals surface area contributed by atoms with E-state index in [2.05, 4.69) is 27.3 Å². The Hall–Kier alpha value is -1.10. The molecule has 0 bridgehead atoms. The fourth-order valence-corrected chi connectivity index (χ4v) is 3.65. The largest absolute Gasteiger partial charge is 0.407 e. The molecule has 0 amide bonds. The number of piperidine rings is 1. The molecule has 2 aliphatic rings. The fraction of sp³-hybridized carbons (Fsp3) is 0.867. The van der Waals surface area contributed by atoms with Crippen LogP contribution in [0.15, 0.2) is 4.42 Å². The molecule has 2 heterocycles. The second-order valence-corrected chi connectivity index (χ2v) is 6.31. The molecule has 5 heteroatoms. The number of hydrogen-bond donors (Lipinski definition) is 1. The van der Waals surface area contributed by atoms with Gasteiger partial charge in [0.2, 0.25) is 5.89 Å². The average molecular weight is 278 g/mol. The zero-order valence-electron chi connectivity index (χ0n) is 12.5. The van der Waals surface area contributed by atoms with Gasteiger partial charge in [0.15, 0.2) is 0 Å². The molecule has 1 saturated heterocycles. The van der Waals surface area contributed by atoms with Crippen molar-refractivity contribution in [3.63, 3.8) is 0 Å². The maximum atomic E-state index is 5.74. The zero-order chi connectivity index (χ0) is 13.8. The van der Waals surface area contributed by atoms with E-state index < -0.39 is 0 Å². The summed E-state index contributed by atoms with van der Waals surface area (Å²) >= 11 is 0. The minimum atomic E-state index is 0.626. The van der Waals surface area contributed by atoms with Crippen molar-refractivity contribution in [2.24, 2.45) is 5.41 Å². The van der Waals surface area contributed by atoms with Crippen LogP contribution >= 0.6 is 0 Å². The number of nitrogens with zero attached hydrogens (tertiary/aromatic N) is 3. The average Bonchev–Trinajstić information content (AvgIpc) is 2.96. The summed E-state index contributed by atoms with van der Waals surface area (Å²) in [4.78, 5) is 2.27. The molecule has 0 atom stereocenters. The van der Waals surface area contributed by atoms with Crippen LogP contribution in [0.5, 0.6) is 0 Å². The monoisotopic (exact) mass is 278 g/mol. The first-order valence-corrected chi connectivity index (χ1v) is 8.09. The molecule has 2 fully saturated rings. The summed E-state index contributed by atoms with van der Waals surface area (Å²) in [7, 11) is 0. The minimum Gasteiger partial charge on any atom is -0.407 e. The lowest BCUT2D eigenvalue weighted by atomic mass is 9.68. The Balaban J connectivity index is 1.56. The molecule has 0 aromatic carbocycles. The SMILES string of the molecule is CCNCc1nnc(N2CCC3(CCCCC3)CC2)o1. The highest BCUT2D eigenvalue weighted by Crippen LogP contribution is 2.44. The van der Waals surface area contributed by atoms with E-state index in [0.717, 1.165) is 19.6 Å². The molecule has 5 nitrogen and oxygen atoms in total. The van der Waals surface area contributed by atoms with Crippen molar-refractivity contribution in [1.82, 2.24) is 15.5 Å². The predicted octanol–water partition coefficient (Wildman–Crippen LogP) is 2.73. The first-order chi connectivity index (χ1) is 9.81. The van der Waals surface area contributed by atoms with Crippen molar-refractivity contribution in [3.05, 3.63) is 5.89 Å². The van der Waals surface area contributed by atoms with Crippen molar-refractivity contribution in [1.29, 1.82) is 0 Å². The molecule has 1 N–H and O–H groups in total. The van der Waals surface area contributed by atoms with E-state index in [1.807, 2.05) is 0 Å². The maximum absolute atomic E-state index is 5.74. The van der Waals surface area contributed by atoms with Crippen LogP contribution in [0.25, 0.3) is 0 Å². The van der Waals surface area contributed by atoms with Crippen molar-refractivity contribution in [2.75, 3.05) is 24.5 Å². The molecule has 1 aromatic heterocycles. The smallest absolute Gasteiger partial charge is 0.318 e. The number of hydrogen-bond acceptors (Lipinski definition) is 5. The molecule has 1 spiro atoms. The van der Waals surface area contributed by atoms with Crippen LogP contribution in [-0.4, -0.2) is 29.8 Å². The van der Waals surface area contributed by atoms with Crippen molar-refractivity contribution < 1.29 is 4.42 Å². The van der Waals surface area contributed by atoms with Gasteiger partial charge < -0.3 is 14.6 Å². The maximum Gasteiger partial charge on any atom is 0.318 e. The molecular formula is C15H26N4O. The summed E-state index contributed by atoms with van der Waals surface area (Å²) in [6, 6.07) is 0.712. The normalized spacial score (nSPS) is 22.4. The number of nitrogens with one attached hydrogen (secondary N) is 1. The van der Waals surface area contributed by atoms with Gasteiger partial charge in [0, 0.05) is 13.1 Å². The second-order valence-electron chi connectivity index (χ2n) is 6.31. The van der Waals surface area contributed by atoms with Crippen molar-refractivity contribution >= 4 is 6.01 Å². The van der Waals surface area contributed by atoms with E-state index in [1.165, 1.54) is 44.9 Å². The summed E-state index contributed by atoms with van der Waals surface area (Å²) < 4.78 is 5.74. The summed E-state index contributed by atoms with van der Waals surface area (Å²) in [5.41, 5.74) is 0.626. The first-order valence-electron chi connectivity index (χ1n) is 8.09. The van der Waals surface area contributed by atoms with E-state index in [-0.39, 0.29) is 0 Å². The molecule has 1 aliphatic heterocycles. The third-order valence-corrected chi connectivity index (χ3v) is 4.99. The minimum absolute atomic E-state index is 0.626. The lowest BCUT2D eigenvalue weighted by molar-refractivity contribution is 0.142. The molecule has 1 aliphatic carbocycles. The van der Waals surface area contributed by atoms with Gasteiger partial charge in [-0.1, -0.05) is 31.3 Å². The van der Waals surface area contributed by atoms with Crippen LogP contribution in [0, 0.1) is 5.41 Å². The Morgan fingerprint density at radius 1 is 1.10 bits per heavy atom. The Kier molecular flexibility index (Phi) is 4.24. The van der Waals surface area contributed by atoms with E-state index in [1.54, 1.807) is 0 Å². The number of rotatable bonds is 4. The Bertz CT molecular complexity index is 415. The third-order valence-electron chi connectivity index (χ3n) is 4.99. The molecule has 0 unspecified atom stereocenters. The Morgan fingerprint density at radius 3 is 2.55 bits per heavy atom. The highest BCUT2D eigenvalue weighted by atomic mass is 16.4. The Morgan fingerprint density at radius 2 is 1.85 bits per heavy atom. The number of anilines is 1. The molecule has 20 heavy (non-hydrogen) atoms. The standard InChI is InChI=1S/C15H26N4O/c1-2-16-12-13-17-18-14(20-13)19-10-8-15(9-11-19)6-4-3-5-7-15/h16H,2-12H2,1H3. The van der Waals surface area contributed by atoms with Crippen LogP contribution in [0.4, 0.5) is 6.01 Å². The topological polar surface area (TPSA) is 54.2 Å². The molecule has 1 aromatic rings. The highest BCUT2D eigenvalue weighted by molar-refractivity contribution is 5.25. The summed E-state index contributed by atoms with van der Waals surface area (Å²) in [6.45, 7) is 5.81. The van der Waals surface area contributed by atoms with Crippen LogP contribution in [0.1, 0.15) is 57.8 Å². The van der Waals surface area contributed by atoms with Gasteiger partial charge in [0.05, 0.1) is 6.54 Å². The number of aromatic nitrogens is 2. The quantitative estimate of drug-likeness (QED) is 0.917. The lowest BCUT2D eigenvalue weighted by Crippen LogP contribution is -2.41. The van der Waals surface area contributed by atoms with Crippen LogP contribution < -0.4 is 10.2 Å². The van der Waals surface area contributed by atoms with E-state index >= 15 is 0 Å². The van der Waals surface area contributed by atoms with E-state index in [0.29, 0.717) is 23.9 Å². The van der Waals surface area contributed by atoms with E-state index in [4.69, 9.17) is 4.42 Å².